The predicted molar refractivity (Wildman–Crippen MR) is 136 cm³/mol. The van der Waals surface area contributed by atoms with Gasteiger partial charge < -0.3 is 15.1 Å². The first-order chi connectivity index (χ1) is 17.0. The monoisotopic (exact) mass is 492 g/mol. The molecule has 2 aliphatic rings. The van der Waals surface area contributed by atoms with Crippen LogP contribution in [0.25, 0.3) is 0 Å². The molecule has 182 valence electrons. The molecule has 3 heterocycles. The fourth-order valence-corrected chi connectivity index (χ4v) is 5.78. The van der Waals surface area contributed by atoms with Gasteiger partial charge in [0.15, 0.2) is 0 Å². The fourth-order valence-electron chi connectivity index (χ4n) is 4.88. The van der Waals surface area contributed by atoms with Gasteiger partial charge in [-0.25, -0.2) is 9.18 Å². The van der Waals surface area contributed by atoms with E-state index >= 15 is 0 Å². The first kappa shape index (κ1) is 23.5. The quantitative estimate of drug-likeness (QED) is 0.583. The molecule has 1 atom stereocenters. The lowest BCUT2D eigenvalue weighted by molar-refractivity contribution is -0.134. The lowest BCUT2D eigenvalue weighted by Gasteiger charge is -2.39. The zero-order valence-electron chi connectivity index (χ0n) is 19.7. The van der Waals surface area contributed by atoms with E-state index < -0.39 is 0 Å². The van der Waals surface area contributed by atoms with Crippen LogP contribution < -0.4 is 5.32 Å². The van der Waals surface area contributed by atoms with Crippen LogP contribution in [0.3, 0.4) is 0 Å². The first-order valence-corrected chi connectivity index (χ1v) is 12.8. The third-order valence-corrected chi connectivity index (χ3v) is 7.79. The number of hydrogen-bond acceptors (Lipinski definition) is 4. The van der Waals surface area contributed by atoms with Crippen LogP contribution in [0.15, 0.2) is 60.0 Å². The molecule has 1 fully saturated rings. The summed E-state index contributed by atoms with van der Waals surface area (Å²) in [6, 6.07) is 16.2. The number of anilines is 1. The highest BCUT2D eigenvalue weighted by Gasteiger charge is 2.33. The van der Waals surface area contributed by atoms with Crippen molar-refractivity contribution in [2.24, 2.45) is 0 Å². The number of thiophene rings is 1. The van der Waals surface area contributed by atoms with E-state index in [0.29, 0.717) is 26.2 Å². The molecule has 8 heteroatoms. The van der Waals surface area contributed by atoms with Gasteiger partial charge in [0.05, 0.1) is 12.6 Å². The molecule has 2 aliphatic heterocycles. The Bertz CT molecular complexity index is 1200. The van der Waals surface area contributed by atoms with Crippen LogP contribution in [-0.2, 0) is 11.2 Å². The molecule has 3 amide bonds. The summed E-state index contributed by atoms with van der Waals surface area (Å²) in [4.78, 5) is 32.9. The summed E-state index contributed by atoms with van der Waals surface area (Å²) in [6.07, 6.45) is 0.888. The SMILES string of the molecule is Cc1ccc(NC(=O)N2CCN(C(=O)CN3CCc4sccc4[C@H]3c3cccc(F)c3)CC2)cc1. The number of halogens is 1. The molecule has 0 saturated carbocycles. The molecule has 1 aromatic heterocycles. The molecular weight excluding hydrogens is 463 g/mol. The summed E-state index contributed by atoms with van der Waals surface area (Å²) in [5, 5.41) is 5.00. The molecule has 0 bridgehead atoms. The average Bonchev–Trinajstić information content (AvgIpc) is 3.34. The van der Waals surface area contributed by atoms with Crippen molar-refractivity contribution in [1.82, 2.24) is 14.7 Å². The van der Waals surface area contributed by atoms with Crippen LogP contribution in [0.1, 0.15) is 27.6 Å². The minimum Gasteiger partial charge on any atom is -0.338 e. The van der Waals surface area contributed by atoms with Crippen molar-refractivity contribution in [3.63, 3.8) is 0 Å². The van der Waals surface area contributed by atoms with Crippen LogP contribution in [0, 0.1) is 12.7 Å². The van der Waals surface area contributed by atoms with Gasteiger partial charge in [-0.1, -0.05) is 29.8 Å². The van der Waals surface area contributed by atoms with E-state index in [1.807, 2.05) is 42.2 Å². The third kappa shape index (κ3) is 5.23. The Hall–Kier alpha value is -3.23. The van der Waals surface area contributed by atoms with Crippen molar-refractivity contribution in [1.29, 1.82) is 0 Å². The summed E-state index contributed by atoms with van der Waals surface area (Å²) < 4.78 is 14.0. The number of piperazine rings is 1. The van der Waals surface area contributed by atoms with Gasteiger partial charge in [0.25, 0.3) is 0 Å². The molecule has 3 aromatic rings. The largest absolute Gasteiger partial charge is 0.338 e. The second-order valence-electron chi connectivity index (χ2n) is 9.14. The maximum atomic E-state index is 14.0. The minimum absolute atomic E-state index is 0.0451. The van der Waals surface area contributed by atoms with Gasteiger partial charge in [-0.15, -0.1) is 11.3 Å². The lowest BCUT2D eigenvalue weighted by Crippen LogP contribution is -2.54. The second kappa shape index (κ2) is 10.2. The maximum absolute atomic E-state index is 14.0. The number of fused-ring (bicyclic) bond motifs is 1. The standard InChI is InChI=1S/C27H29FN4O2S/c1-19-5-7-22(8-6-19)29-27(34)31-14-12-30(13-15-31)25(33)18-32-11-9-24-23(10-16-35-24)26(32)20-3-2-4-21(28)17-20/h2-8,10,16-17,26H,9,11-15,18H2,1H3,(H,29,34)/t26-/m1/s1. The Balaban J connectivity index is 1.21. The number of carbonyl (C=O) groups is 2. The Kier molecular flexibility index (Phi) is 6.83. The highest BCUT2D eigenvalue weighted by molar-refractivity contribution is 7.10. The summed E-state index contributed by atoms with van der Waals surface area (Å²) >= 11 is 1.72. The van der Waals surface area contributed by atoms with E-state index in [0.717, 1.165) is 35.3 Å². The zero-order chi connectivity index (χ0) is 24.4. The van der Waals surface area contributed by atoms with Crippen LogP contribution in [0.4, 0.5) is 14.9 Å². The predicted octanol–water partition coefficient (Wildman–Crippen LogP) is 4.52. The van der Waals surface area contributed by atoms with E-state index in [-0.39, 0.29) is 30.3 Å². The zero-order valence-corrected chi connectivity index (χ0v) is 20.6. The van der Waals surface area contributed by atoms with Gasteiger partial charge in [0.2, 0.25) is 5.91 Å². The smallest absolute Gasteiger partial charge is 0.321 e. The number of aryl methyl sites for hydroxylation is 1. The molecule has 0 unspecified atom stereocenters. The first-order valence-electron chi connectivity index (χ1n) is 11.9. The molecule has 2 aromatic carbocycles. The number of carbonyl (C=O) groups excluding carboxylic acids is 2. The Morgan fingerprint density at radius 3 is 2.49 bits per heavy atom. The molecule has 0 radical (unpaired) electrons. The van der Waals surface area contributed by atoms with Crippen molar-refractivity contribution in [3.05, 3.63) is 87.4 Å². The van der Waals surface area contributed by atoms with E-state index in [1.54, 1.807) is 28.4 Å². The summed E-state index contributed by atoms with van der Waals surface area (Å²) in [6.45, 7) is 5.01. The van der Waals surface area contributed by atoms with Gasteiger partial charge in [0, 0.05) is 43.3 Å². The summed E-state index contributed by atoms with van der Waals surface area (Å²) in [5.74, 6) is -0.222. The van der Waals surface area contributed by atoms with E-state index in [9.17, 15) is 14.0 Å². The molecule has 1 saturated heterocycles. The van der Waals surface area contributed by atoms with Crippen LogP contribution in [0.2, 0.25) is 0 Å². The maximum Gasteiger partial charge on any atom is 0.321 e. The molecule has 0 aliphatic carbocycles. The molecule has 5 rings (SSSR count). The van der Waals surface area contributed by atoms with Gasteiger partial charge in [-0.2, -0.15) is 0 Å². The van der Waals surface area contributed by atoms with Crippen LogP contribution >= 0.6 is 11.3 Å². The van der Waals surface area contributed by atoms with Crippen molar-refractivity contribution < 1.29 is 14.0 Å². The molecule has 1 N–H and O–H groups in total. The van der Waals surface area contributed by atoms with E-state index in [1.165, 1.54) is 10.9 Å². The number of nitrogens with zero attached hydrogens (tertiary/aromatic N) is 3. The van der Waals surface area contributed by atoms with E-state index in [2.05, 4.69) is 21.7 Å². The molecular formula is C27H29FN4O2S. The van der Waals surface area contributed by atoms with Gasteiger partial charge in [0.1, 0.15) is 5.82 Å². The summed E-state index contributed by atoms with van der Waals surface area (Å²) in [5.41, 5.74) is 3.94. The van der Waals surface area contributed by atoms with Crippen molar-refractivity contribution >= 4 is 29.0 Å². The normalized spacial score (nSPS) is 18.3. The van der Waals surface area contributed by atoms with Crippen LogP contribution in [0.5, 0.6) is 0 Å². The van der Waals surface area contributed by atoms with E-state index in [4.69, 9.17) is 0 Å². The number of urea groups is 1. The van der Waals surface area contributed by atoms with Crippen molar-refractivity contribution in [3.8, 4) is 0 Å². The highest BCUT2D eigenvalue weighted by Crippen LogP contribution is 2.37. The van der Waals surface area contributed by atoms with Gasteiger partial charge in [-0.05, 0) is 60.2 Å². The topological polar surface area (TPSA) is 55.9 Å². The molecule has 35 heavy (non-hydrogen) atoms. The van der Waals surface area contributed by atoms with Gasteiger partial charge >= 0.3 is 6.03 Å². The number of nitrogens with one attached hydrogen (secondary N) is 1. The number of rotatable bonds is 4. The fraction of sp³-hybridized carbons (Fsp3) is 0.333. The van der Waals surface area contributed by atoms with Crippen molar-refractivity contribution in [2.45, 2.75) is 19.4 Å². The number of hydrogen-bond donors (Lipinski definition) is 1. The number of benzene rings is 2. The Labute approximate surface area is 209 Å². The third-order valence-electron chi connectivity index (χ3n) is 6.79. The Morgan fingerprint density at radius 1 is 1.00 bits per heavy atom. The minimum atomic E-state index is -0.267. The van der Waals surface area contributed by atoms with Crippen LogP contribution in [-0.4, -0.2) is 65.9 Å². The highest BCUT2D eigenvalue weighted by atomic mass is 32.1. The lowest BCUT2D eigenvalue weighted by atomic mass is 9.93. The van der Waals surface area contributed by atoms with Crippen molar-refractivity contribution in [2.75, 3.05) is 44.6 Å². The Morgan fingerprint density at radius 2 is 1.74 bits per heavy atom. The second-order valence-corrected chi connectivity index (χ2v) is 10.1. The molecule has 6 nitrogen and oxygen atoms in total. The van der Waals surface area contributed by atoms with Gasteiger partial charge in [-0.3, -0.25) is 9.69 Å². The average molecular weight is 493 g/mol. The molecule has 0 spiro atoms. The number of amides is 3. The summed E-state index contributed by atoms with van der Waals surface area (Å²) in [7, 11) is 0.